The van der Waals surface area contributed by atoms with E-state index in [9.17, 15) is 14.4 Å². The predicted molar refractivity (Wildman–Crippen MR) is 60.9 cm³/mol. The minimum absolute atomic E-state index is 0.247. The number of hydrogen-bond donors (Lipinski definition) is 1. The lowest BCUT2D eigenvalue weighted by Crippen LogP contribution is -2.43. The lowest BCUT2D eigenvalue weighted by atomic mass is 9.93. The number of nitrogens with one attached hydrogen (secondary N) is 1. The molecule has 0 aromatic heterocycles. The van der Waals surface area contributed by atoms with Crippen LogP contribution in [0.5, 0.6) is 0 Å². The second-order valence-corrected chi connectivity index (χ2v) is 5.02. The first-order valence-electron chi connectivity index (χ1n) is 5.79. The Bertz CT molecular complexity index is 412. The van der Waals surface area contributed by atoms with Crippen molar-refractivity contribution < 1.29 is 14.4 Å². The lowest BCUT2D eigenvalue weighted by molar-refractivity contribution is -0.143. The van der Waals surface area contributed by atoms with Crippen LogP contribution in [0.2, 0.25) is 0 Å². The third-order valence-electron chi connectivity index (χ3n) is 3.20. The average Bonchev–Trinajstić information content (AvgIpc) is 2.49. The molecule has 1 aliphatic carbocycles. The highest BCUT2D eigenvalue weighted by Gasteiger charge is 2.48. The molecule has 2 aliphatic rings. The van der Waals surface area contributed by atoms with Crippen molar-refractivity contribution in [3.63, 3.8) is 0 Å². The zero-order valence-corrected chi connectivity index (χ0v) is 10.0. The van der Waals surface area contributed by atoms with Gasteiger partial charge in [-0.15, -0.1) is 0 Å². The Labute approximate surface area is 99.8 Å². The molecule has 1 atom stereocenters. The van der Waals surface area contributed by atoms with Gasteiger partial charge in [-0.2, -0.15) is 4.90 Å². The molecule has 0 aromatic rings. The first-order chi connectivity index (χ1) is 7.93. The molecular weight excluding hydrogens is 220 g/mol. The van der Waals surface area contributed by atoms with E-state index < -0.39 is 17.5 Å². The molecule has 1 fully saturated rings. The van der Waals surface area contributed by atoms with Crippen LogP contribution in [0.25, 0.3) is 0 Å². The summed E-state index contributed by atoms with van der Waals surface area (Å²) >= 11 is 0. The number of imide groups is 3. The first kappa shape index (κ1) is 11.8. The van der Waals surface area contributed by atoms with Crippen LogP contribution in [-0.4, -0.2) is 28.3 Å². The van der Waals surface area contributed by atoms with Crippen molar-refractivity contribution in [3.05, 3.63) is 12.2 Å². The number of hydrogen-bond acceptors (Lipinski definition) is 3. The number of carbonyl (C=O) groups is 3. The fraction of sp³-hybridized carbons (Fsp3) is 0.583. The van der Waals surface area contributed by atoms with E-state index >= 15 is 0 Å². The molecule has 17 heavy (non-hydrogen) atoms. The van der Waals surface area contributed by atoms with Gasteiger partial charge in [0, 0.05) is 5.92 Å². The number of carbonyl (C=O) groups excluding carboxylic acids is 3. The predicted octanol–water partition coefficient (Wildman–Crippen LogP) is 1.20. The minimum atomic E-state index is -0.975. The second kappa shape index (κ2) is 3.98. The van der Waals surface area contributed by atoms with Crippen molar-refractivity contribution >= 4 is 17.8 Å². The Morgan fingerprint density at radius 1 is 1.41 bits per heavy atom. The third-order valence-corrected chi connectivity index (χ3v) is 3.20. The van der Waals surface area contributed by atoms with Gasteiger partial charge in [0.1, 0.15) is 5.54 Å². The Morgan fingerprint density at radius 2 is 2.12 bits per heavy atom. The smallest absolute Gasteiger partial charge is 0.323 e. The molecule has 1 N–H and O–H groups in total. The van der Waals surface area contributed by atoms with Crippen LogP contribution in [0.4, 0.5) is 4.79 Å². The monoisotopic (exact) mass is 236 g/mol. The van der Waals surface area contributed by atoms with Crippen molar-refractivity contribution in [1.29, 1.82) is 0 Å². The van der Waals surface area contributed by atoms with E-state index in [1.165, 1.54) is 0 Å². The van der Waals surface area contributed by atoms with Crippen molar-refractivity contribution in [2.75, 3.05) is 0 Å². The zero-order chi connectivity index (χ0) is 12.6. The van der Waals surface area contributed by atoms with E-state index in [0.717, 1.165) is 11.3 Å². The minimum Gasteiger partial charge on any atom is -0.323 e. The summed E-state index contributed by atoms with van der Waals surface area (Å²) in [6.45, 7) is 3.20. The quantitative estimate of drug-likeness (QED) is 0.422. The molecule has 1 heterocycles. The van der Waals surface area contributed by atoms with Gasteiger partial charge in [0.05, 0.1) is 0 Å². The molecule has 5 heteroatoms. The molecule has 0 radical (unpaired) electrons. The van der Waals surface area contributed by atoms with Gasteiger partial charge in [-0.25, -0.2) is 4.79 Å². The van der Waals surface area contributed by atoms with Gasteiger partial charge < -0.3 is 5.32 Å². The van der Waals surface area contributed by atoms with Crippen LogP contribution in [0.1, 0.15) is 33.1 Å². The van der Waals surface area contributed by atoms with Gasteiger partial charge in [0.15, 0.2) is 0 Å². The summed E-state index contributed by atoms with van der Waals surface area (Å²) in [5.41, 5.74) is -0.975. The summed E-state index contributed by atoms with van der Waals surface area (Å²) in [6, 6.07) is -0.598. The Morgan fingerprint density at radius 3 is 2.59 bits per heavy atom. The summed E-state index contributed by atoms with van der Waals surface area (Å²) in [5, 5.41) is 2.51. The normalized spacial score (nSPS) is 27.2. The van der Waals surface area contributed by atoms with Gasteiger partial charge in [-0.05, 0) is 33.1 Å². The second-order valence-electron chi connectivity index (χ2n) is 5.02. The summed E-state index contributed by atoms with van der Waals surface area (Å²) in [7, 11) is 0. The van der Waals surface area contributed by atoms with Crippen LogP contribution in [0, 0.1) is 5.92 Å². The van der Waals surface area contributed by atoms with Gasteiger partial charge >= 0.3 is 6.03 Å². The SMILES string of the molecule is CC1(C)NC(=O)N(C(=O)C2CC=CCC2)C1=O. The number of amides is 4. The molecule has 0 bridgehead atoms. The number of rotatable bonds is 1. The molecule has 1 aliphatic heterocycles. The van der Waals surface area contributed by atoms with Crippen LogP contribution in [0.3, 0.4) is 0 Å². The van der Waals surface area contributed by atoms with Crippen LogP contribution in [-0.2, 0) is 9.59 Å². The molecular formula is C12H16N2O3. The van der Waals surface area contributed by atoms with Gasteiger partial charge in [0.2, 0.25) is 5.91 Å². The van der Waals surface area contributed by atoms with E-state index in [2.05, 4.69) is 5.32 Å². The van der Waals surface area contributed by atoms with Crippen LogP contribution >= 0.6 is 0 Å². The van der Waals surface area contributed by atoms with E-state index in [1.807, 2.05) is 12.2 Å². The fourth-order valence-electron chi connectivity index (χ4n) is 2.15. The van der Waals surface area contributed by atoms with Crippen molar-refractivity contribution in [1.82, 2.24) is 10.2 Å². The van der Waals surface area contributed by atoms with Gasteiger partial charge in [0.25, 0.3) is 5.91 Å². The van der Waals surface area contributed by atoms with Crippen molar-refractivity contribution in [2.45, 2.75) is 38.6 Å². The average molecular weight is 236 g/mol. The number of allylic oxidation sites excluding steroid dienone is 2. The highest BCUT2D eigenvalue weighted by molar-refractivity contribution is 6.18. The Kier molecular flexibility index (Phi) is 2.77. The summed E-state index contributed by atoms with van der Waals surface area (Å²) in [6.07, 6.45) is 6.07. The molecule has 0 aromatic carbocycles. The first-order valence-corrected chi connectivity index (χ1v) is 5.79. The fourth-order valence-corrected chi connectivity index (χ4v) is 2.15. The highest BCUT2D eigenvalue weighted by Crippen LogP contribution is 2.24. The highest BCUT2D eigenvalue weighted by atomic mass is 16.2. The summed E-state index contributed by atoms with van der Waals surface area (Å²) in [5.74, 6) is -1.08. The topological polar surface area (TPSA) is 66.5 Å². The van der Waals surface area contributed by atoms with E-state index in [1.54, 1.807) is 13.8 Å². The van der Waals surface area contributed by atoms with E-state index in [4.69, 9.17) is 0 Å². The molecule has 1 saturated heterocycles. The molecule has 1 unspecified atom stereocenters. The Hall–Kier alpha value is -1.65. The molecule has 4 amide bonds. The third kappa shape index (κ3) is 1.97. The van der Waals surface area contributed by atoms with Crippen LogP contribution < -0.4 is 5.32 Å². The van der Waals surface area contributed by atoms with E-state index in [0.29, 0.717) is 12.8 Å². The largest absolute Gasteiger partial charge is 0.331 e. The standard InChI is InChI=1S/C12H16N2O3/c1-12(2)10(16)14(11(17)13-12)9(15)8-6-4-3-5-7-8/h3-4,8H,5-7H2,1-2H3,(H,13,17). The number of nitrogens with zero attached hydrogens (tertiary/aromatic N) is 1. The summed E-state index contributed by atoms with van der Waals surface area (Å²) < 4.78 is 0. The molecule has 92 valence electrons. The van der Waals surface area contributed by atoms with Crippen LogP contribution in [0.15, 0.2) is 12.2 Å². The molecule has 0 spiro atoms. The van der Waals surface area contributed by atoms with Crippen molar-refractivity contribution in [2.24, 2.45) is 5.92 Å². The molecule has 2 rings (SSSR count). The van der Waals surface area contributed by atoms with E-state index in [-0.39, 0.29) is 11.8 Å². The molecule has 5 nitrogen and oxygen atoms in total. The Balaban J connectivity index is 2.17. The maximum atomic E-state index is 12.1. The lowest BCUT2D eigenvalue weighted by Gasteiger charge is -2.21. The maximum absolute atomic E-state index is 12.1. The maximum Gasteiger partial charge on any atom is 0.331 e. The van der Waals surface area contributed by atoms with Gasteiger partial charge in [-0.1, -0.05) is 12.2 Å². The zero-order valence-electron chi connectivity index (χ0n) is 10.0. The molecule has 0 saturated carbocycles. The van der Waals surface area contributed by atoms with Crippen molar-refractivity contribution in [3.8, 4) is 0 Å². The number of urea groups is 1. The van der Waals surface area contributed by atoms with Gasteiger partial charge in [-0.3, -0.25) is 9.59 Å². The summed E-state index contributed by atoms with van der Waals surface area (Å²) in [4.78, 5) is 36.5.